The van der Waals surface area contributed by atoms with Gasteiger partial charge in [-0.05, 0) is 27.6 Å². The summed E-state index contributed by atoms with van der Waals surface area (Å²) >= 11 is 0. The molecule has 0 aliphatic carbocycles. The fraction of sp³-hybridized carbons (Fsp3) is 0.750. The minimum Gasteiger partial charge on any atom is -0.314 e. The van der Waals surface area contributed by atoms with Crippen molar-refractivity contribution in [1.82, 2.24) is 21.3 Å². The van der Waals surface area contributed by atoms with Crippen molar-refractivity contribution in [2.24, 2.45) is 0 Å². The van der Waals surface area contributed by atoms with Gasteiger partial charge in [-0.3, -0.25) is 0 Å². The Bertz CT molecular complexity index is 651. The van der Waals surface area contributed by atoms with Crippen LogP contribution in [0.25, 0.3) is 0 Å². The van der Waals surface area contributed by atoms with Crippen LogP contribution >= 0.6 is 17.2 Å². The van der Waals surface area contributed by atoms with Crippen LogP contribution in [0.2, 0.25) is 0 Å². The average molecular weight is 451 g/mol. The van der Waals surface area contributed by atoms with Gasteiger partial charge in [-0.2, -0.15) is 0 Å². The minimum absolute atomic E-state index is 0.0613. The third-order valence-electron chi connectivity index (χ3n) is 6.67. The van der Waals surface area contributed by atoms with Crippen LogP contribution in [-0.4, -0.2) is 61.7 Å². The Morgan fingerprint density at radius 2 is 1.33 bits per heavy atom. The van der Waals surface area contributed by atoms with Crippen LogP contribution in [0.3, 0.4) is 0 Å². The molecule has 3 unspecified atom stereocenters. The van der Waals surface area contributed by atoms with Gasteiger partial charge < -0.3 is 21.3 Å². The van der Waals surface area contributed by atoms with Crippen LogP contribution in [-0.2, 0) is 11.3 Å². The van der Waals surface area contributed by atoms with Crippen molar-refractivity contribution in [2.45, 2.75) is 75.3 Å². The van der Waals surface area contributed by atoms with Gasteiger partial charge in [-0.25, -0.2) is 0 Å². The monoisotopic (exact) mass is 450 g/mol. The van der Waals surface area contributed by atoms with E-state index in [1.165, 1.54) is 17.3 Å². The maximum Gasteiger partial charge on any atom is 0.0429 e. The molecule has 0 amide bonds. The van der Waals surface area contributed by atoms with Gasteiger partial charge in [0.05, 0.1) is 0 Å². The topological polar surface area (TPSA) is 48.1 Å². The van der Waals surface area contributed by atoms with Crippen LogP contribution in [0.15, 0.2) is 24.3 Å². The lowest BCUT2D eigenvalue weighted by molar-refractivity contribution is 0.255. The van der Waals surface area contributed by atoms with E-state index in [4.69, 9.17) is 0 Å². The van der Waals surface area contributed by atoms with Crippen molar-refractivity contribution >= 4 is 17.2 Å². The second kappa shape index (κ2) is 9.82. The lowest BCUT2D eigenvalue weighted by atomic mass is 9.80. The van der Waals surface area contributed by atoms with Gasteiger partial charge in [0.15, 0.2) is 0 Å². The largest absolute Gasteiger partial charge is 0.314 e. The zero-order valence-electron chi connectivity index (χ0n) is 19.9. The van der Waals surface area contributed by atoms with E-state index in [0.29, 0.717) is 22.4 Å². The molecule has 30 heavy (non-hydrogen) atoms. The van der Waals surface area contributed by atoms with Gasteiger partial charge in [-0.1, -0.05) is 73.7 Å². The maximum atomic E-state index is 3.85. The Morgan fingerprint density at radius 3 is 1.77 bits per heavy atom. The zero-order valence-corrected chi connectivity index (χ0v) is 22.0. The highest BCUT2D eigenvalue weighted by Crippen LogP contribution is 2.62. The van der Waals surface area contributed by atoms with Crippen LogP contribution in [0.4, 0.5) is 0 Å². The lowest BCUT2D eigenvalue weighted by Gasteiger charge is -2.49. The van der Waals surface area contributed by atoms with Gasteiger partial charge in [0.1, 0.15) is 0 Å². The number of rotatable bonds is 5. The Balaban J connectivity index is 2.04. The van der Waals surface area contributed by atoms with Crippen molar-refractivity contribution in [2.75, 3.05) is 39.3 Å². The first-order valence-electron chi connectivity index (χ1n) is 11.6. The molecule has 170 valence electrons. The Morgan fingerprint density at radius 1 is 0.833 bits per heavy atom. The first-order chi connectivity index (χ1) is 14.0. The van der Waals surface area contributed by atoms with Crippen LogP contribution in [0.5, 0.6) is 0 Å². The SMILES string of the molecule is CC(C)(C)P(Cc1ccccc1C(P)(C1CNCCN1)C1CNCCN1)C(C)(C)C. The number of piperazine rings is 2. The van der Waals surface area contributed by atoms with E-state index in [-0.39, 0.29) is 13.1 Å². The molecule has 0 spiro atoms. The molecule has 1 aromatic carbocycles. The van der Waals surface area contributed by atoms with Gasteiger partial charge in [-0.15, -0.1) is 9.24 Å². The Kier molecular flexibility index (Phi) is 8.04. The summed E-state index contributed by atoms with van der Waals surface area (Å²) in [4.78, 5) is 0. The van der Waals surface area contributed by atoms with Crippen LogP contribution in [0, 0.1) is 0 Å². The Labute approximate surface area is 188 Å². The summed E-state index contributed by atoms with van der Waals surface area (Å²) in [5, 5.41) is 15.6. The molecule has 3 atom stereocenters. The molecule has 2 aliphatic rings. The fourth-order valence-electron chi connectivity index (χ4n) is 5.33. The summed E-state index contributed by atoms with van der Waals surface area (Å²) in [6, 6.07) is 10.0. The van der Waals surface area contributed by atoms with Gasteiger partial charge >= 0.3 is 0 Å². The summed E-state index contributed by atoms with van der Waals surface area (Å²) in [7, 11) is 3.13. The van der Waals surface area contributed by atoms with Crippen LogP contribution in [0.1, 0.15) is 52.7 Å². The van der Waals surface area contributed by atoms with E-state index in [0.717, 1.165) is 39.3 Å². The van der Waals surface area contributed by atoms with E-state index in [1.807, 2.05) is 0 Å². The van der Waals surface area contributed by atoms with Crippen molar-refractivity contribution < 1.29 is 0 Å². The smallest absolute Gasteiger partial charge is 0.0429 e. The second-order valence-corrected chi connectivity index (χ2v) is 15.8. The van der Waals surface area contributed by atoms with Gasteiger partial charge in [0, 0.05) is 56.5 Å². The number of benzene rings is 1. The van der Waals surface area contributed by atoms with E-state index < -0.39 is 0 Å². The molecular formula is C24H44N4P2. The first kappa shape index (κ1) is 24.6. The Hall–Kier alpha value is -0.0800. The van der Waals surface area contributed by atoms with E-state index in [9.17, 15) is 0 Å². The standard InChI is InChI=1S/C24H44N4P2/c1-22(2,3)30(23(4,5)6)17-18-9-7-8-10-19(18)24(29,20-15-25-11-13-27-20)21-16-26-12-14-28-21/h7-10,20-21,25-28H,11-17,29H2,1-6H3. The molecule has 1 aromatic rings. The summed E-state index contributed by atoms with van der Waals surface area (Å²) in [5.41, 5.74) is 3.03. The molecule has 2 aliphatic heterocycles. The normalized spacial score (nSPS) is 25.9. The predicted octanol–water partition coefficient (Wildman–Crippen LogP) is 3.46. The summed E-state index contributed by atoms with van der Waals surface area (Å²) < 4.78 is 0. The molecule has 2 fully saturated rings. The minimum atomic E-state index is -0.199. The number of hydrogen-bond acceptors (Lipinski definition) is 4. The van der Waals surface area contributed by atoms with Crippen LogP contribution < -0.4 is 21.3 Å². The summed E-state index contributed by atoms with van der Waals surface area (Å²) in [6.45, 7) is 20.7. The van der Waals surface area contributed by atoms with Crippen molar-refractivity contribution in [3.05, 3.63) is 35.4 Å². The predicted molar refractivity (Wildman–Crippen MR) is 137 cm³/mol. The molecule has 0 radical (unpaired) electrons. The molecule has 4 nitrogen and oxygen atoms in total. The lowest BCUT2D eigenvalue weighted by Crippen LogP contribution is -2.66. The fourth-order valence-corrected chi connectivity index (χ4v) is 9.66. The molecule has 6 heteroatoms. The average Bonchev–Trinajstić information content (AvgIpc) is 2.71. The molecule has 0 saturated carbocycles. The highest BCUT2D eigenvalue weighted by atomic mass is 31.1. The second-order valence-electron chi connectivity index (χ2n) is 10.9. The van der Waals surface area contributed by atoms with Crippen molar-refractivity contribution in [3.8, 4) is 0 Å². The summed E-state index contributed by atoms with van der Waals surface area (Å²) in [5.74, 6) is 0. The molecule has 3 rings (SSSR count). The molecule has 4 N–H and O–H groups in total. The molecule has 0 bridgehead atoms. The first-order valence-corrected chi connectivity index (χ1v) is 13.7. The number of hydrogen-bond donors (Lipinski definition) is 4. The van der Waals surface area contributed by atoms with E-state index >= 15 is 0 Å². The van der Waals surface area contributed by atoms with Crippen molar-refractivity contribution in [1.29, 1.82) is 0 Å². The molecule has 2 saturated heterocycles. The zero-order chi connectivity index (χ0) is 22.0. The van der Waals surface area contributed by atoms with Crippen molar-refractivity contribution in [3.63, 3.8) is 0 Å². The number of nitrogens with one attached hydrogen (secondary N) is 4. The molecule has 2 heterocycles. The quantitative estimate of drug-likeness (QED) is 0.519. The third-order valence-corrected chi connectivity index (χ3v) is 11.7. The molecule has 0 aromatic heterocycles. The van der Waals surface area contributed by atoms with Gasteiger partial charge in [0.25, 0.3) is 0 Å². The molecular weight excluding hydrogens is 406 g/mol. The highest BCUT2D eigenvalue weighted by Gasteiger charge is 2.46. The van der Waals surface area contributed by atoms with Gasteiger partial charge in [0.2, 0.25) is 0 Å². The highest BCUT2D eigenvalue weighted by molar-refractivity contribution is 7.60. The van der Waals surface area contributed by atoms with E-state index in [1.54, 1.807) is 0 Å². The maximum absolute atomic E-state index is 3.85. The summed E-state index contributed by atoms with van der Waals surface area (Å²) in [6.07, 6.45) is 1.18. The third kappa shape index (κ3) is 5.45. The van der Waals surface area contributed by atoms with E-state index in [2.05, 4.69) is 96.3 Å².